The smallest absolute Gasteiger partial charge is 0.223 e. The maximum Gasteiger partial charge on any atom is 0.223 e. The van der Waals surface area contributed by atoms with Crippen LogP contribution in [0.1, 0.15) is 42.0 Å². The average molecular weight is 284 g/mol. The van der Waals surface area contributed by atoms with Crippen LogP contribution in [0.4, 0.5) is 0 Å². The Morgan fingerprint density at radius 2 is 2.00 bits per heavy atom. The van der Waals surface area contributed by atoms with Crippen molar-refractivity contribution in [2.45, 2.75) is 51.6 Å². The molecule has 1 aliphatic carbocycles. The van der Waals surface area contributed by atoms with Crippen molar-refractivity contribution in [2.75, 3.05) is 6.54 Å². The summed E-state index contributed by atoms with van der Waals surface area (Å²) in [7, 11) is 0. The molecule has 4 atom stereocenters. The van der Waals surface area contributed by atoms with Gasteiger partial charge in [0.2, 0.25) is 5.91 Å². The minimum atomic E-state index is -0.109. The topological polar surface area (TPSA) is 46.3 Å². The largest absolute Gasteiger partial charge is 0.332 e. The van der Waals surface area contributed by atoms with Gasteiger partial charge in [0.25, 0.3) is 0 Å². The monoisotopic (exact) mass is 284 g/mol. The summed E-state index contributed by atoms with van der Waals surface area (Å²) in [6, 6.07) is 4.82. The van der Waals surface area contributed by atoms with Crippen molar-refractivity contribution >= 4 is 5.91 Å². The zero-order valence-electron chi connectivity index (χ0n) is 13.1. The number of hydrogen-bond acceptors (Lipinski definition) is 2. The lowest BCUT2D eigenvalue weighted by Crippen LogP contribution is -2.50. The third kappa shape index (κ3) is 1.50. The van der Waals surface area contributed by atoms with Crippen LogP contribution in [0.2, 0.25) is 0 Å². The number of nitrogens with zero attached hydrogens (tertiary/aromatic N) is 1. The van der Waals surface area contributed by atoms with Crippen LogP contribution < -0.4 is 5.73 Å². The van der Waals surface area contributed by atoms with E-state index in [2.05, 4.69) is 37.8 Å². The van der Waals surface area contributed by atoms with Crippen LogP contribution in [0.25, 0.3) is 0 Å². The lowest BCUT2D eigenvalue weighted by Gasteiger charge is -2.45. The minimum absolute atomic E-state index is 0.109. The Morgan fingerprint density at radius 1 is 1.29 bits per heavy atom. The second-order valence-electron chi connectivity index (χ2n) is 7.38. The molecule has 21 heavy (non-hydrogen) atoms. The molecule has 2 N–H and O–H groups in total. The Morgan fingerprint density at radius 3 is 2.76 bits per heavy atom. The van der Waals surface area contributed by atoms with E-state index in [4.69, 9.17) is 5.73 Å². The summed E-state index contributed by atoms with van der Waals surface area (Å²) in [5, 5.41) is 0. The van der Waals surface area contributed by atoms with E-state index in [1.54, 1.807) is 0 Å². The highest BCUT2D eigenvalue weighted by Crippen LogP contribution is 2.58. The van der Waals surface area contributed by atoms with Gasteiger partial charge in [0.15, 0.2) is 0 Å². The summed E-state index contributed by atoms with van der Waals surface area (Å²) < 4.78 is 0. The highest BCUT2D eigenvalue weighted by atomic mass is 16.2. The Labute approximate surface area is 126 Å². The van der Waals surface area contributed by atoms with Gasteiger partial charge in [-0.15, -0.1) is 0 Å². The molecular formula is C18H24N2O. The third-order valence-corrected chi connectivity index (χ3v) is 6.34. The Hall–Kier alpha value is -1.35. The molecule has 2 fully saturated rings. The first kappa shape index (κ1) is 13.3. The van der Waals surface area contributed by atoms with Crippen molar-refractivity contribution in [2.24, 2.45) is 17.6 Å². The molecule has 1 unspecified atom stereocenters. The second-order valence-corrected chi connectivity index (χ2v) is 7.38. The maximum absolute atomic E-state index is 12.5. The number of carbonyl (C=O) groups excluding carboxylic acids is 1. The zero-order valence-corrected chi connectivity index (χ0v) is 13.1. The fraction of sp³-hybridized carbons (Fsp3) is 0.611. The van der Waals surface area contributed by atoms with Crippen LogP contribution in [0.5, 0.6) is 0 Å². The number of aryl methyl sites for hydroxylation is 2. The molecule has 0 radical (unpaired) electrons. The molecule has 3 aliphatic rings. The predicted molar refractivity (Wildman–Crippen MR) is 82.9 cm³/mol. The van der Waals surface area contributed by atoms with E-state index in [9.17, 15) is 4.79 Å². The number of benzene rings is 1. The van der Waals surface area contributed by atoms with E-state index >= 15 is 0 Å². The fourth-order valence-electron chi connectivity index (χ4n) is 5.13. The van der Waals surface area contributed by atoms with Crippen molar-refractivity contribution in [1.82, 2.24) is 4.90 Å². The van der Waals surface area contributed by atoms with Crippen LogP contribution >= 0.6 is 0 Å². The van der Waals surface area contributed by atoms with Crippen LogP contribution in [-0.4, -0.2) is 23.4 Å². The van der Waals surface area contributed by atoms with Gasteiger partial charge in [-0.2, -0.15) is 0 Å². The number of fused-ring (bicyclic) bond motifs is 1. The van der Waals surface area contributed by atoms with Crippen molar-refractivity contribution in [3.8, 4) is 0 Å². The molecule has 3 nitrogen and oxygen atoms in total. The standard InChI is InChI=1S/C18H24N2O/c1-10-6-13-4-5-20-16(21)8-15-17(19)12(3)9-18(15,20)14(13)7-11(10)2/h6-7,12,15,17H,4-5,8-9,19H2,1-3H3/t12-,15-,17+,18?/m0/s1. The SMILES string of the molecule is Cc1cc2c(cc1C)C13C[C@H](C)[C@@H](N)[C@@H]1CC(=O)N3CC2. The molecule has 1 saturated carbocycles. The van der Waals surface area contributed by atoms with Crippen molar-refractivity contribution < 1.29 is 4.79 Å². The number of rotatable bonds is 0. The zero-order chi connectivity index (χ0) is 14.9. The molecule has 2 aliphatic heterocycles. The van der Waals surface area contributed by atoms with Crippen molar-refractivity contribution in [1.29, 1.82) is 0 Å². The van der Waals surface area contributed by atoms with E-state index < -0.39 is 0 Å². The average Bonchev–Trinajstić information content (AvgIpc) is 2.84. The van der Waals surface area contributed by atoms with E-state index in [0.29, 0.717) is 24.2 Å². The molecular weight excluding hydrogens is 260 g/mol. The summed E-state index contributed by atoms with van der Waals surface area (Å²) >= 11 is 0. The molecule has 1 saturated heterocycles. The summed E-state index contributed by atoms with van der Waals surface area (Å²) in [6.07, 6.45) is 2.65. The second kappa shape index (κ2) is 4.10. The summed E-state index contributed by atoms with van der Waals surface area (Å²) in [6.45, 7) is 7.47. The van der Waals surface area contributed by atoms with Crippen LogP contribution in [0.15, 0.2) is 12.1 Å². The lowest BCUT2D eigenvalue weighted by atomic mass is 9.74. The quantitative estimate of drug-likeness (QED) is 0.794. The molecule has 0 aromatic heterocycles. The van der Waals surface area contributed by atoms with Gasteiger partial charge in [-0.05, 0) is 54.9 Å². The lowest BCUT2D eigenvalue weighted by molar-refractivity contribution is -0.132. The van der Waals surface area contributed by atoms with E-state index in [-0.39, 0.29) is 11.6 Å². The van der Waals surface area contributed by atoms with E-state index in [1.807, 2.05) is 0 Å². The maximum atomic E-state index is 12.5. The Balaban J connectivity index is 1.96. The molecule has 1 aromatic rings. The van der Waals surface area contributed by atoms with Gasteiger partial charge in [-0.3, -0.25) is 4.79 Å². The van der Waals surface area contributed by atoms with Crippen molar-refractivity contribution in [3.63, 3.8) is 0 Å². The van der Waals surface area contributed by atoms with Gasteiger partial charge in [0, 0.05) is 24.9 Å². The summed E-state index contributed by atoms with van der Waals surface area (Å²) in [5.41, 5.74) is 11.9. The van der Waals surface area contributed by atoms with Gasteiger partial charge >= 0.3 is 0 Å². The molecule has 112 valence electrons. The molecule has 1 aromatic carbocycles. The number of hydrogen-bond donors (Lipinski definition) is 1. The molecule has 0 bridgehead atoms. The van der Waals surface area contributed by atoms with Gasteiger partial charge in [-0.25, -0.2) is 0 Å². The number of nitrogens with two attached hydrogens (primary N) is 1. The van der Waals surface area contributed by atoms with Gasteiger partial charge in [0.1, 0.15) is 0 Å². The van der Waals surface area contributed by atoms with Crippen molar-refractivity contribution in [3.05, 3.63) is 34.4 Å². The highest BCUT2D eigenvalue weighted by Gasteiger charge is 2.62. The molecule has 2 heterocycles. The predicted octanol–water partition coefficient (Wildman–Crippen LogP) is 2.27. The summed E-state index contributed by atoms with van der Waals surface area (Å²) in [5.74, 6) is 1.09. The Kier molecular flexibility index (Phi) is 2.60. The van der Waals surface area contributed by atoms with Crippen LogP contribution in [-0.2, 0) is 16.8 Å². The Bertz CT molecular complexity index is 638. The third-order valence-electron chi connectivity index (χ3n) is 6.34. The number of amides is 1. The van der Waals surface area contributed by atoms with Crippen LogP contribution in [0.3, 0.4) is 0 Å². The van der Waals surface area contributed by atoms with Gasteiger partial charge in [-0.1, -0.05) is 19.1 Å². The normalized spacial score (nSPS) is 37.4. The summed E-state index contributed by atoms with van der Waals surface area (Å²) in [4.78, 5) is 14.7. The minimum Gasteiger partial charge on any atom is -0.332 e. The van der Waals surface area contributed by atoms with Gasteiger partial charge in [0.05, 0.1) is 5.54 Å². The molecule has 1 amide bonds. The van der Waals surface area contributed by atoms with E-state index in [1.165, 1.54) is 22.3 Å². The van der Waals surface area contributed by atoms with Crippen LogP contribution in [0, 0.1) is 25.7 Å². The highest BCUT2D eigenvalue weighted by molar-refractivity contribution is 5.82. The fourth-order valence-corrected chi connectivity index (χ4v) is 5.13. The molecule has 3 heteroatoms. The number of carbonyl (C=O) groups is 1. The first-order valence-electron chi connectivity index (χ1n) is 8.12. The molecule has 4 rings (SSSR count). The first-order valence-corrected chi connectivity index (χ1v) is 8.12. The molecule has 1 spiro atoms. The van der Waals surface area contributed by atoms with Gasteiger partial charge < -0.3 is 10.6 Å². The first-order chi connectivity index (χ1) is 9.95. The van der Waals surface area contributed by atoms with E-state index in [0.717, 1.165) is 19.4 Å².